The number of aliphatic carboxylic acids is 6. The quantitative estimate of drug-likeness (QED) is 0.0235. The van der Waals surface area contributed by atoms with Gasteiger partial charge in [-0.3, -0.25) is 33.6 Å². The number of carboxylic acids is 6. The first-order valence-corrected chi connectivity index (χ1v) is 47.0. The molecule has 700 valence electrons. The van der Waals surface area contributed by atoms with Crippen LogP contribution >= 0.6 is 82.3 Å². The number of ether oxygens (including phenoxy) is 17. The van der Waals surface area contributed by atoms with Gasteiger partial charge in [-0.25, -0.2) is 0 Å². The SMILES string of the molecule is O=C(O)CCSC[C@H]1O[C@@H]2O[C@H]3[C@H](O)[C@@H](O)[C@H]4O[C@H]5[C@H](O)[C@@H](O)[C@@H](O[C@H]6[C@H](O)[C@@H](O)[C@@H](O[C@H]7[C@H](O)[C@@H](O)[C@@H](O[C@H]8[C@H](O)C[C@@](O)(O[C@H]9[C@H](O)[C@@H](O)[C@@H](O[C@H]%10[C@H](O)[C@@H](O)[C@@H](O[C@H]1[C@H](O)[C@H]2O)O[C@@H]%10CSCCC(=O)O)O[C@@H]9CSCCC(=O)O)O[C@@H]8CSCCC(=O)O)O[C@@H]7CSCCC(=O)O)O[C@@H]6CSCCC(=O)O)O[C@@H]5CSCCC(=O)OC[C@H]3O4. The van der Waals surface area contributed by atoms with Gasteiger partial charge in [0.15, 0.2) is 44.0 Å². The molecular weight excluding hydrogens is 1790 g/mol. The van der Waals surface area contributed by atoms with Crippen molar-refractivity contribution in [2.75, 3.05) is 87.1 Å². The van der Waals surface area contributed by atoms with E-state index in [1.54, 1.807) is 0 Å². The fourth-order valence-corrected chi connectivity index (χ4v) is 21.5. The lowest BCUT2D eigenvalue weighted by molar-refractivity contribution is -0.451. The summed E-state index contributed by atoms with van der Waals surface area (Å²) in [5, 5.41) is 252. The minimum absolute atomic E-state index is 0.0549. The molecule has 39 atom stereocenters. The Morgan fingerprint density at radius 3 is 0.885 bits per heavy atom. The topological polar surface area (TPSA) is 721 Å². The van der Waals surface area contributed by atoms with Crippen molar-refractivity contribution < 1.29 is 226 Å². The van der Waals surface area contributed by atoms with E-state index in [-0.39, 0.29) is 75.5 Å². The van der Waals surface area contributed by atoms with Crippen LogP contribution in [-0.4, -0.2) is 481 Å². The summed E-state index contributed by atoms with van der Waals surface area (Å²) < 4.78 is 105. The molecule has 0 radical (unpaired) electrons. The number of hydrogen-bond acceptors (Lipinski definition) is 47. The van der Waals surface area contributed by atoms with Gasteiger partial charge in [0.2, 0.25) is 0 Å². The van der Waals surface area contributed by atoms with Crippen LogP contribution in [0.1, 0.15) is 51.4 Å². The van der Waals surface area contributed by atoms with E-state index in [4.69, 9.17) is 80.5 Å². The number of aliphatic hydroxyl groups is 16. The highest BCUT2D eigenvalue weighted by atomic mass is 32.2. The van der Waals surface area contributed by atoms with Gasteiger partial charge >= 0.3 is 41.8 Å². The molecule has 0 aliphatic carbocycles. The van der Waals surface area contributed by atoms with E-state index in [1.807, 2.05) is 0 Å². The number of carbonyl (C=O) groups is 7. The van der Waals surface area contributed by atoms with Crippen molar-refractivity contribution in [1.82, 2.24) is 0 Å². The van der Waals surface area contributed by atoms with E-state index >= 15 is 0 Å². The zero-order chi connectivity index (χ0) is 88.7. The minimum Gasteiger partial charge on any atom is -0.481 e. The van der Waals surface area contributed by atoms with E-state index in [1.165, 1.54) is 0 Å². The average molecular weight is 1900 g/mol. The maximum absolute atomic E-state index is 13.5. The van der Waals surface area contributed by atoms with Gasteiger partial charge in [-0.05, 0) is 0 Å². The Morgan fingerprint density at radius 1 is 0.311 bits per heavy atom. The van der Waals surface area contributed by atoms with E-state index in [2.05, 4.69) is 0 Å². The first kappa shape index (κ1) is 102. The molecule has 28 heterocycles. The Bertz CT molecular complexity index is 3340. The molecule has 0 aromatic rings. The van der Waals surface area contributed by atoms with Gasteiger partial charge in [0, 0.05) is 80.5 Å². The molecule has 22 N–H and O–H groups in total. The van der Waals surface area contributed by atoms with E-state index in [9.17, 15) is 146 Å². The van der Waals surface area contributed by atoms with Gasteiger partial charge in [0.05, 0.1) is 94.1 Å². The highest BCUT2D eigenvalue weighted by molar-refractivity contribution is 8.00. The fraction of sp³-hybridized carbons (Fsp3) is 0.899. The maximum atomic E-state index is 13.5. The second-order valence-corrected chi connectivity index (χ2v) is 38.0. The monoisotopic (exact) mass is 1890 g/mol. The second-order valence-electron chi connectivity index (χ2n) is 29.9. The van der Waals surface area contributed by atoms with Gasteiger partial charge < -0.3 is 193 Å². The first-order chi connectivity index (χ1) is 57.9. The Kier molecular flexibility index (Phi) is 39.6. The van der Waals surface area contributed by atoms with Crippen molar-refractivity contribution in [3.63, 3.8) is 0 Å². The molecule has 0 saturated carbocycles. The van der Waals surface area contributed by atoms with Crippen molar-refractivity contribution in [1.29, 1.82) is 0 Å². The van der Waals surface area contributed by atoms with Crippen LogP contribution in [0.15, 0.2) is 0 Å². The first-order valence-electron chi connectivity index (χ1n) is 38.9. The maximum Gasteiger partial charge on any atom is 0.306 e. The lowest BCUT2D eigenvalue weighted by Gasteiger charge is -2.51. The molecule has 0 aromatic heterocycles. The number of aliphatic hydroxyl groups excluding tert-OH is 15. The Hall–Kier alpha value is -2.54. The summed E-state index contributed by atoms with van der Waals surface area (Å²) in [5.41, 5.74) is 0. The van der Waals surface area contributed by atoms with Crippen molar-refractivity contribution in [3.8, 4) is 0 Å². The second kappa shape index (κ2) is 47.5. The van der Waals surface area contributed by atoms with Crippen molar-refractivity contribution in [2.24, 2.45) is 0 Å². The van der Waals surface area contributed by atoms with E-state index in [0.29, 0.717) is 0 Å². The fourth-order valence-electron chi connectivity index (χ4n) is 14.6. The molecule has 46 nitrogen and oxygen atoms in total. The minimum atomic E-state index is -3.12. The average Bonchev–Trinajstić information content (AvgIpc) is 0.816. The molecule has 28 aliphatic heterocycles. The predicted octanol–water partition coefficient (Wildman–Crippen LogP) is -8.07. The Morgan fingerprint density at radius 2 is 0.566 bits per heavy atom. The normalized spacial score (nSPS) is 43.8. The molecule has 28 aliphatic rings. The molecule has 28 saturated heterocycles. The van der Waals surface area contributed by atoms with Crippen LogP contribution in [-0.2, 0) is 114 Å². The van der Waals surface area contributed by atoms with Crippen LogP contribution in [0.25, 0.3) is 0 Å². The lowest BCUT2D eigenvalue weighted by Crippen LogP contribution is -2.69. The number of hydrogen-bond donors (Lipinski definition) is 22. The number of rotatable bonds is 30. The standard InChI is InChI=1S/C69H106O46S7/c70-24-15-69(98)114-32(23-121-13-6-38(81)82)54(24)107-63-48(92)41(85)57(26(101-63)17-116-8-1-33(71)72)110-65-51(95)44(88)59(28(103-65)19-118-10-3-35(75)76)112-67-50(94)43(87)56-30(105-67)21-122-14-7-39(83)99-16-25-55(40(84)47(91)62(100-25)109-56)108-64-49(93)42(86)58(27(102-64)18-117-9-2-34(73)74)111-66-52(96)45(89)60(29(104-66)20-119-11-4-36(77)78)113-68-53(97)46(90)61(115-69)31(106-68)22-120-12-5-37(79)80/h24-32,40-68,70,84-98H,1-23H2,(H,71,72)(H,73,74)(H,75,76)(H,77,78)(H,79,80)(H,81,82)/t24-,25-,26-,27-,28-,29-,30-,31-,32-,40-,41-,42-,43-,44-,45-,46-,47-,48-,49-,50-,51-,52-,53-,54+,55-,56-,57-,58-,59-,60-,61-,62-,63-,64-,65-,66-,67-,68-,69+/m1/s1. The predicted molar refractivity (Wildman–Crippen MR) is 415 cm³/mol. The van der Waals surface area contributed by atoms with Crippen LogP contribution in [0, 0.1) is 0 Å². The summed E-state index contributed by atoms with van der Waals surface area (Å²) in [5.74, 6) is -14.9. The molecule has 28 rings (SSSR count). The summed E-state index contributed by atoms with van der Waals surface area (Å²) in [6.45, 7) is -0.823. The smallest absolute Gasteiger partial charge is 0.306 e. The number of cyclic esters (lactones) is 1. The summed E-state index contributed by atoms with van der Waals surface area (Å²) in [4.78, 5) is 84.0. The Balaban J connectivity index is 1.02. The van der Waals surface area contributed by atoms with Crippen LogP contribution in [0.2, 0.25) is 0 Å². The van der Waals surface area contributed by atoms with E-state index in [0.717, 1.165) is 82.3 Å². The largest absolute Gasteiger partial charge is 0.481 e. The highest BCUT2D eigenvalue weighted by Gasteiger charge is 2.62. The molecule has 0 unspecified atom stereocenters. The van der Waals surface area contributed by atoms with Gasteiger partial charge in [-0.1, -0.05) is 0 Å². The molecule has 0 aromatic carbocycles. The van der Waals surface area contributed by atoms with Crippen molar-refractivity contribution in [3.05, 3.63) is 0 Å². The Labute approximate surface area is 724 Å². The number of carbonyl (C=O) groups excluding carboxylic acids is 1. The van der Waals surface area contributed by atoms with Gasteiger partial charge in [-0.15, -0.1) is 0 Å². The molecule has 0 spiro atoms. The molecule has 53 heteroatoms. The summed E-state index contributed by atoms with van der Waals surface area (Å²) in [6, 6.07) is 0. The molecule has 122 heavy (non-hydrogen) atoms. The number of thioether (sulfide) groups is 7. The summed E-state index contributed by atoms with van der Waals surface area (Å²) in [7, 11) is 0. The van der Waals surface area contributed by atoms with Crippen LogP contribution < -0.4 is 0 Å². The zero-order valence-electron chi connectivity index (χ0n) is 64.7. The highest BCUT2D eigenvalue weighted by Crippen LogP contribution is 2.44. The zero-order valence-corrected chi connectivity index (χ0v) is 70.4. The number of esters is 1. The van der Waals surface area contributed by atoms with E-state index < -0.39 is 344 Å². The molecule has 18 bridgehead atoms. The third-order valence-corrected chi connectivity index (χ3v) is 28.4. The van der Waals surface area contributed by atoms with Crippen LogP contribution in [0.3, 0.4) is 0 Å². The lowest BCUT2D eigenvalue weighted by atomic mass is 9.95. The number of carboxylic acid groups (broad SMARTS) is 6. The van der Waals surface area contributed by atoms with Crippen molar-refractivity contribution >= 4 is 124 Å². The van der Waals surface area contributed by atoms with Gasteiger partial charge in [-0.2, -0.15) is 82.3 Å². The van der Waals surface area contributed by atoms with Crippen LogP contribution in [0.5, 0.6) is 0 Å². The van der Waals surface area contributed by atoms with Crippen molar-refractivity contribution in [2.45, 2.75) is 291 Å². The van der Waals surface area contributed by atoms with Crippen LogP contribution in [0.4, 0.5) is 0 Å². The summed E-state index contributed by atoms with van der Waals surface area (Å²) in [6.07, 6.45) is -80.6. The molecule has 0 amide bonds. The van der Waals surface area contributed by atoms with Gasteiger partial charge in [0.25, 0.3) is 5.97 Å². The third-order valence-electron chi connectivity index (χ3n) is 21.0. The van der Waals surface area contributed by atoms with Gasteiger partial charge in [0.1, 0.15) is 153 Å². The summed E-state index contributed by atoms with van der Waals surface area (Å²) >= 11 is 6.35. The molecular formula is C69H106O46S7. The molecule has 28 fully saturated rings. The third kappa shape index (κ3) is 27.1.